The second-order valence-electron chi connectivity index (χ2n) is 10.5. The normalized spacial score (nSPS) is 12.8. The van der Waals surface area contributed by atoms with Gasteiger partial charge < -0.3 is 4.74 Å². The van der Waals surface area contributed by atoms with Gasteiger partial charge in [0.05, 0.1) is 50.7 Å². The Balaban J connectivity index is 4.27. The molecule has 0 atom stereocenters. The van der Waals surface area contributed by atoms with Crippen LogP contribution in [0.3, 0.4) is 0 Å². The van der Waals surface area contributed by atoms with Gasteiger partial charge in [-0.1, -0.05) is 13.3 Å². The number of esters is 1. The molecule has 0 aliphatic carbocycles. The summed E-state index contributed by atoms with van der Waals surface area (Å²) in [6.45, 7) is 17.2. The lowest BCUT2D eigenvalue weighted by atomic mass is 10.2. The Hall–Kier alpha value is -0.850. The van der Waals surface area contributed by atoms with Gasteiger partial charge in [-0.05, 0) is 80.6 Å². The minimum atomic E-state index is -1.26. The molecule has 0 aliphatic rings. The van der Waals surface area contributed by atoms with Crippen LogP contribution in [-0.4, -0.2) is 56.0 Å². The lowest BCUT2D eigenvalue weighted by Crippen LogP contribution is -2.34. The molecule has 0 unspecified atom stereocenters. The van der Waals surface area contributed by atoms with Crippen molar-refractivity contribution < 1.29 is 48.6 Å². The molecule has 0 spiro atoms. The average Bonchev–Trinajstić information content (AvgIpc) is 2.75. The largest absolute Gasteiger partial charge is 0.466 e. The highest BCUT2D eigenvalue weighted by Gasteiger charge is 2.31. The maximum Gasteiger partial charge on any atom is 0.305 e. The fourth-order valence-electron chi connectivity index (χ4n) is 2.24. The van der Waals surface area contributed by atoms with E-state index >= 15 is 0 Å². The summed E-state index contributed by atoms with van der Waals surface area (Å²) >= 11 is 0. The number of carbonyl (C=O) groups excluding carboxylic acids is 1. The predicted molar refractivity (Wildman–Crippen MR) is 130 cm³/mol. The van der Waals surface area contributed by atoms with Crippen molar-refractivity contribution >= 4 is 5.97 Å². The molecule has 0 N–H and O–H groups in total. The van der Waals surface area contributed by atoms with Crippen molar-refractivity contribution in [2.45, 2.75) is 124 Å². The van der Waals surface area contributed by atoms with Crippen LogP contribution < -0.4 is 0 Å². The monoisotopic (exact) mass is 510 g/mol. The van der Waals surface area contributed by atoms with Gasteiger partial charge in [0.25, 0.3) is 0 Å². The molecule has 35 heavy (non-hydrogen) atoms. The molecule has 0 fully saturated rings. The first-order chi connectivity index (χ1) is 16.4. The molecule has 0 aliphatic heterocycles. The first-order valence-corrected chi connectivity index (χ1v) is 12.7. The van der Waals surface area contributed by atoms with Gasteiger partial charge in [-0.25, -0.2) is 29.3 Å². The van der Waals surface area contributed by atoms with Gasteiger partial charge in [-0.2, -0.15) is 9.78 Å². The molecule has 0 saturated heterocycles. The molecule has 10 nitrogen and oxygen atoms in total. The van der Waals surface area contributed by atoms with E-state index in [9.17, 15) is 4.79 Å². The summed E-state index contributed by atoms with van der Waals surface area (Å²) in [5.74, 6) is -1.58. The van der Waals surface area contributed by atoms with Crippen molar-refractivity contribution in [3.05, 3.63) is 0 Å². The Morgan fingerprint density at radius 3 is 1.34 bits per heavy atom. The maximum absolute atomic E-state index is 12.0. The van der Waals surface area contributed by atoms with Gasteiger partial charge in [0, 0.05) is 6.42 Å². The van der Waals surface area contributed by atoms with E-state index in [1.54, 1.807) is 6.92 Å². The Labute approximate surface area is 211 Å². The first kappa shape index (κ1) is 34.1. The molecule has 0 aromatic rings. The molecule has 0 aromatic carbocycles. The summed E-state index contributed by atoms with van der Waals surface area (Å²) in [5, 5.41) is 0. The lowest BCUT2D eigenvalue weighted by molar-refractivity contribution is -0.507. The van der Waals surface area contributed by atoms with Crippen LogP contribution in [0.1, 0.15) is 107 Å². The standard InChI is InChI=1S/C25H50O10/c1-9-10-17-27-22(26)15-16-25(8,34-30-20-13-11-18-28-32-23(2,3)4)35-31-21-14-12-19-29-33-24(5,6)7/h9-21H2,1-8H3. The van der Waals surface area contributed by atoms with Crippen molar-refractivity contribution in [3.63, 3.8) is 0 Å². The Kier molecular flexibility index (Phi) is 18.8. The quantitative estimate of drug-likeness (QED) is 0.0586. The van der Waals surface area contributed by atoms with Crippen LogP contribution in [-0.2, 0) is 48.6 Å². The summed E-state index contributed by atoms with van der Waals surface area (Å²) < 4.78 is 5.20. The van der Waals surface area contributed by atoms with Crippen molar-refractivity contribution in [1.29, 1.82) is 0 Å². The highest BCUT2D eigenvalue weighted by molar-refractivity contribution is 5.69. The molecule has 0 aromatic heterocycles. The Morgan fingerprint density at radius 1 is 0.571 bits per heavy atom. The number of ether oxygens (including phenoxy) is 1. The van der Waals surface area contributed by atoms with E-state index in [1.807, 2.05) is 48.5 Å². The molecule has 0 saturated carbocycles. The third kappa shape index (κ3) is 24.6. The zero-order valence-corrected chi connectivity index (χ0v) is 23.3. The van der Waals surface area contributed by atoms with Gasteiger partial charge in [0.2, 0.25) is 5.79 Å². The summed E-state index contributed by atoms with van der Waals surface area (Å²) in [5.41, 5.74) is -0.687. The van der Waals surface area contributed by atoms with E-state index < -0.39 is 5.79 Å². The third-order valence-corrected chi connectivity index (χ3v) is 4.04. The van der Waals surface area contributed by atoms with Gasteiger partial charge in [-0.15, -0.1) is 0 Å². The van der Waals surface area contributed by atoms with Crippen LogP contribution in [0.25, 0.3) is 0 Å². The number of rotatable bonds is 22. The fraction of sp³-hybridized carbons (Fsp3) is 0.960. The predicted octanol–water partition coefficient (Wildman–Crippen LogP) is 5.78. The second-order valence-corrected chi connectivity index (χ2v) is 10.5. The summed E-state index contributed by atoms with van der Waals surface area (Å²) in [7, 11) is 0. The van der Waals surface area contributed by atoms with E-state index in [0.29, 0.717) is 45.9 Å². The Morgan fingerprint density at radius 2 is 0.971 bits per heavy atom. The van der Waals surface area contributed by atoms with Gasteiger partial charge >= 0.3 is 5.97 Å². The maximum atomic E-state index is 12.0. The average molecular weight is 511 g/mol. The number of hydrogen-bond acceptors (Lipinski definition) is 10. The molecule has 0 rings (SSSR count). The van der Waals surface area contributed by atoms with Crippen molar-refractivity contribution in [1.82, 2.24) is 0 Å². The van der Waals surface area contributed by atoms with Crippen LogP contribution >= 0.6 is 0 Å². The smallest absolute Gasteiger partial charge is 0.305 e. The second kappa shape index (κ2) is 19.3. The van der Waals surface area contributed by atoms with Crippen LogP contribution in [0.15, 0.2) is 0 Å². The molecule has 0 heterocycles. The summed E-state index contributed by atoms with van der Waals surface area (Å²) in [6.07, 6.45) is 4.97. The highest BCUT2D eigenvalue weighted by atomic mass is 17.3. The number of hydrogen-bond donors (Lipinski definition) is 0. The molecular formula is C25H50O10. The number of unbranched alkanes of at least 4 members (excludes halogenated alkanes) is 3. The van der Waals surface area contributed by atoms with Gasteiger partial charge in [0.15, 0.2) is 0 Å². The summed E-state index contributed by atoms with van der Waals surface area (Å²) in [4.78, 5) is 54.3. The minimum Gasteiger partial charge on any atom is -0.466 e. The van der Waals surface area contributed by atoms with E-state index in [-0.39, 0.29) is 30.0 Å². The topological polar surface area (TPSA) is 100 Å². The van der Waals surface area contributed by atoms with Crippen LogP contribution in [0.2, 0.25) is 0 Å². The van der Waals surface area contributed by atoms with Gasteiger partial charge in [0.1, 0.15) is 0 Å². The molecule has 10 heteroatoms. The van der Waals surface area contributed by atoms with Crippen LogP contribution in [0.4, 0.5) is 0 Å². The van der Waals surface area contributed by atoms with E-state index in [4.69, 9.17) is 43.8 Å². The third-order valence-electron chi connectivity index (χ3n) is 4.04. The lowest BCUT2D eigenvalue weighted by Gasteiger charge is -2.26. The van der Waals surface area contributed by atoms with Crippen molar-refractivity contribution in [3.8, 4) is 0 Å². The zero-order chi connectivity index (χ0) is 26.6. The number of carbonyl (C=O) groups is 1. The summed E-state index contributed by atoms with van der Waals surface area (Å²) in [6, 6.07) is 0. The van der Waals surface area contributed by atoms with Crippen LogP contribution in [0.5, 0.6) is 0 Å². The SMILES string of the molecule is CCCCOC(=O)CCC(C)(OOCCCCOOC(C)(C)C)OOCCCCOOC(C)(C)C. The van der Waals surface area contributed by atoms with E-state index in [2.05, 4.69) is 0 Å². The van der Waals surface area contributed by atoms with Crippen molar-refractivity contribution in [2.75, 3.05) is 33.0 Å². The molecule has 0 bridgehead atoms. The fourth-order valence-corrected chi connectivity index (χ4v) is 2.24. The molecule has 210 valence electrons. The highest BCUT2D eigenvalue weighted by Crippen LogP contribution is 2.21. The van der Waals surface area contributed by atoms with E-state index in [0.717, 1.165) is 25.7 Å². The minimum absolute atomic E-state index is 0.114. The first-order valence-electron chi connectivity index (χ1n) is 12.7. The molecule has 0 radical (unpaired) electrons. The van der Waals surface area contributed by atoms with E-state index in [1.165, 1.54) is 0 Å². The molecule has 0 amide bonds. The van der Waals surface area contributed by atoms with Crippen LogP contribution in [0, 0.1) is 0 Å². The van der Waals surface area contributed by atoms with Crippen molar-refractivity contribution in [2.24, 2.45) is 0 Å². The zero-order valence-electron chi connectivity index (χ0n) is 23.3. The Bertz CT molecular complexity index is 483. The molecular weight excluding hydrogens is 460 g/mol. The van der Waals surface area contributed by atoms with Gasteiger partial charge in [-0.3, -0.25) is 4.79 Å².